The fourth-order valence-corrected chi connectivity index (χ4v) is 2.28. The van der Waals surface area contributed by atoms with Gasteiger partial charge in [-0.05, 0) is 45.6 Å². The van der Waals surface area contributed by atoms with Crippen molar-refractivity contribution in [2.24, 2.45) is 5.92 Å². The molecule has 1 aliphatic rings. The molecule has 1 aromatic heterocycles. The first kappa shape index (κ1) is 12.4. The Morgan fingerprint density at radius 3 is 3.06 bits per heavy atom. The lowest BCUT2D eigenvalue weighted by molar-refractivity contribution is 0.415. The second-order valence-corrected chi connectivity index (χ2v) is 4.91. The Hall–Kier alpha value is -1.09. The lowest BCUT2D eigenvalue weighted by Crippen LogP contribution is -2.26. The van der Waals surface area contributed by atoms with Crippen molar-refractivity contribution < 1.29 is 0 Å². The van der Waals surface area contributed by atoms with E-state index in [1.54, 1.807) is 0 Å². The third kappa shape index (κ3) is 3.43. The summed E-state index contributed by atoms with van der Waals surface area (Å²) in [5.74, 6) is 0.809. The van der Waals surface area contributed by atoms with E-state index in [2.05, 4.69) is 42.6 Å². The maximum Gasteiger partial charge on any atom is 0.0537 e. The van der Waals surface area contributed by atoms with Crippen LogP contribution in [0.2, 0.25) is 0 Å². The van der Waals surface area contributed by atoms with Crippen LogP contribution in [-0.4, -0.2) is 16.3 Å². The second-order valence-electron chi connectivity index (χ2n) is 4.91. The Kier molecular flexibility index (Phi) is 4.37. The summed E-state index contributed by atoms with van der Waals surface area (Å²) < 4.78 is 1.98. The molecule has 1 aliphatic carbocycles. The molecule has 2 atom stereocenters. The van der Waals surface area contributed by atoms with Gasteiger partial charge >= 0.3 is 0 Å². The first-order chi connectivity index (χ1) is 8.29. The minimum absolute atomic E-state index is 0.404. The molecule has 3 heteroatoms. The van der Waals surface area contributed by atoms with Crippen LogP contribution in [0.5, 0.6) is 0 Å². The molecule has 0 fully saturated rings. The van der Waals surface area contributed by atoms with Gasteiger partial charge in [-0.3, -0.25) is 4.68 Å². The predicted octanol–water partition coefficient (Wildman–Crippen LogP) is 2.91. The van der Waals surface area contributed by atoms with Crippen LogP contribution in [0.4, 0.5) is 0 Å². The number of nitrogens with zero attached hydrogens (tertiary/aromatic N) is 2. The van der Waals surface area contributed by atoms with Gasteiger partial charge in [0.25, 0.3) is 0 Å². The Morgan fingerprint density at radius 1 is 1.53 bits per heavy atom. The van der Waals surface area contributed by atoms with Crippen LogP contribution in [0.15, 0.2) is 24.5 Å². The van der Waals surface area contributed by atoms with Gasteiger partial charge in [-0.2, -0.15) is 5.10 Å². The molecule has 1 aromatic rings. The van der Waals surface area contributed by atoms with Crippen molar-refractivity contribution in [3.8, 4) is 0 Å². The molecule has 0 saturated carbocycles. The van der Waals surface area contributed by atoms with Gasteiger partial charge < -0.3 is 5.32 Å². The Labute approximate surface area is 104 Å². The van der Waals surface area contributed by atoms with Crippen molar-refractivity contribution in [3.05, 3.63) is 30.1 Å². The SMILES string of the molecule is CCn1cc(C(C)NCC2CC=CCC2)cn1. The normalized spacial score (nSPS) is 21.6. The van der Waals surface area contributed by atoms with Gasteiger partial charge in [0, 0.05) is 24.3 Å². The van der Waals surface area contributed by atoms with Crippen LogP contribution in [-0.2, 0) is 6.54 Å². The minimum atomic E-state index is 0.404. The molecule has 1 heterocycles. The number of allylic oxidation sites excluding steroid dienone is 2. The standard InChI is InChI=1S/C14H23N3/c1-3-17-11-14(10-16-17)12(2)15-9-13-7-5-4-6-8-13/h4-5,10-13,15H,3,6-9H2,1-2H3. The molecule has 0 bridgehead atoms. The summed E-state index contributed by atoms with van der Waals surface area (Å²) in [5.41, 5.74) is 1.29. The topological polar surface area (TPSA) is 29.9 Å². The Balaban J connectivity index is 1.80. The van der Waals surface area contributed by atoms with Crippen molar-refractivity contribution in [1.29, 1.82) is 0 Å². The molecule has 2 unspecified atom stereocenters. The summed E-state index contributed by atoms with van der Waals surface area (Å²) in [5, 5.41) is 7.93. The molecule has 17 heavy (non-hydrogen) atoms. The number of hydrogen-bond donors (Lipinski definition) is 1. The van der Waals surface area contributed by atoms with E-state index in [1.165, 1.54) is 24.8 Å². The lowest BCUT2D eigenvalue weighted by Gasteiger charge is -2.20. The quantitative estimate of drug-likeness (QED) is 0.792. The molecule has 0 aliphatic heterocycles. The minimum Gasteiger partial charge on any atom is -0.310 e. The van der Waals surface area contributed by atoms with Gasteiger partial charge in [-0.15, -0.1) is 0 Å². The highest BCUT2D eigenvalue weighted by atomic mass is 15.3. The zero-order valence-electron chi connectivity index (χ0n) is 10.9. The first-order valence-corrected chi connectivity index (χ1v) is 6.70. The van der Waals surface area contributed by atoms with E-state index >= 15 is 0 Å². The summed E-state index contributed by atoms with van der Waals surface area (Å²) in [7, 11) is 0. The molecular formula is C14H23N3. The molecule has 0 saturated heterocycles. The molecule has 0 amide bonds. The van der Waals surface area contributed by atoms with E-state index in [4.69, 9.17) is 0 Å². The number of aromatic nitrogens is 2. The highest BCUT2D eigenvalue weighted by molar-refractivity contribution is 5.09. The van der Waals surface area contributed by atoms with Crippen LogP contribution < -0.4 is 5.32 Å². The first-order valence-electron chi connectivity index (χ1n) is 6.70. The summed E-state index contributed by atoms with van der Waals surface area (Å²) in [6, 6.07) is 0.404. The molecular weight excluding hydrogens is 210 g/mol. The third-order valence-corrected chi connectivity index (χ3v) is 3.57. The molecule has 94 valence electrons. The lowest BCUT2D eigenvalue weighted by atomic mass is 9.94. The highest BCUT2D eigenvalue weighted by Crippen LogP contribution is 2.19. The van der Waals surface area contributed by atoms with E-state index in [1.807, 2.05) is 10.9 Å². The maximum atomic E-state index is 4.32. The summed E-state index contributed by atoms with van der Waals surface area (Å²) in [6.07, 6.45) is 12.5. The summed E-state index contributed by atoms with van der Waals surface area (Å²) in [6.45, 7) is 6.39. The Bertz CT molecular complexity index is 367. The van der Waals surface area contributed by atoms with Crippen molar-refractivity contribution in [2.45, 2.75) is 45.7 Å². The van der Waals surface area contributed by atoms with Crippen molar-refractivity contribution >= 4 is 0 Å². The van der Waals surface area contributed by atoms with Crippen molar-refractivity contribution in [3.63, 3.8) is 0 Å². The number of hydrogen-bond acceptors (Lipinski definition) is 2. The molecule has 0 radical (unpaired) electrons. The predicted molar refractivity (Wildman–Crippen MR) is 70.8 cm³/mol. The molecule has 0 spiro atoms. The smallest absolute Gasteiger partial charge is 0.0537 e. The van der Waals surface area contributed by atoms with E-state index in [-0.39, 0.29) is 0 Å². The zero-order valence-corrected chi connectivity index (χ0v) is 10.9. The van der Waals surface area contributed by atoms with Crippen LogP contribution in [0.3, 0.4) is 0 Å². The zero-order chi connectivity index (χ0) is 12.1. The van der Waals surface area contributed by atoms with Crippen molar-refractivity contribution in [2.75, 3.05) is 6.54 Å². The number of aryl methyl sites for hydroxylation is 1. The van der Waals surface area contributed by atoms with Gasteiger partial charge in [0.15, 0.2) is 0 Å². The number of rotatable bonds is 5. The van der Waals surface area contributed by atoms with Gasteiger partial charge in [0.1, 0.15) is 0 Å². The van der Waals surface area contributed by atoms with E-state index in [0.717, 1.165) is 19.0 Å². The largest absolute Gasteiger partial charge is 0.310 e. The molecule has 1 N–H and O–H groups in total. The van der Waals surface area contributed by atoms with Gasteiger partial charge in [0.05, 0.1) is 6.20 Å². The van der Waals surface area contributed by atoms with Crippen molar-refractivity contribution in [1.82, 2.24) is 15.1 Å². The molecule has 0 aromatic carbocycles. The average molecular weight is 233 g/mol. The van der Waals surface area contributed by atoms with Crippen LogP contribution in [0.25, 0.3) is 0 Å². The van der Waals surface area contributed by atoms with E-state index in [9.17, 15) is 0 Å². The van der Waals surface area contributed by atoms with E-state index in [0.29, 0.717) is 6.04 Å². The monoisotopic (exact) mass is 233 g/mol. The third-order valence-electron chi connectivity index (χ3n) is 3.57. The highest BCUT2D eigenvalue weighted by Gasteiger charge is 2.12. The second kappa shape index (κ2) is 6.01. The van der Waals surface area contributed by atoms with Crippen LogP contribution in [0, 0.1) is 5.92 Å². The van der Waals surface area contributed by atoms with Gasteiger partial charge in [-0.25, -0.2) is 0 Å². The summed E-state index contributed by atoms with van der Waals surface area (Å²) >= 11 is 0. The van der Waals surface area contributed by atoms with Crippen LogP contribution >= 0.6 is 0 Å². The average Bonchev–Trinajstić information content (AvgIpc) is 2.86. The Morgan fingerprint density at radius 2 is 2.41 bits per heavy atom. The summed E-state index contributed by atoms with van der Waals surface area (Å²) in [4.78, 5) is 0. The van der Waals surface area contributed by atoms with Crippen LogP contribution in [0.1, 0.15) is 44.7 Å². The van der Waals surface area contributed by atoms with E-state index < -0.39 is 0 Å². The maximum absolute atomic E-state index is 4.32. The fourth-order valence-electron chi connectivity index (χ4n) is 2.28. The molecule has 3 nitrogen and oxygen atoms in total. The number of nitrogens with one attached hydrogen (secondary N) is 1. The fraction of sp³-hybridized carbons (Fsp3) is 0.643. The van der Waals surface area contributed by atoms with Gasteiger partial charge in [0.2, 0.25) is 0 Å². The molecule has 2 rings (SSSR count). The van der Waals surface area contributed by atoms with Gasteiger partial charge in [-0.1, -0.05) is 12.2 Å².